The van der Waals surface area contributed by atoms with Crippen molar-refractivity contribution in [2.75, 3.05) is 5.32 Å². The smallest absolute Gasteiger partial charge is 0.408 e. The van der Waals surface area contributed by atoms with Crippen LogP contribution in [0.2, 0.25) is 0 Å². The fourth-order valence-corrected chi connectivity index (χ4v) is 3.05. The average molecular weight is 326 g/mol. The number of hydrogen-bond acceptors (Lipinski definition) is 3. The first-order chi connectivity index (χ1) is 11.5. The van der Waals surface area contributed by atoms with E-state index in [1.165, 1.54) is 10.6 Å². The van der Waals surface area contributed by atoms with Gasteiger partial charge < -0.3 is 9.73 Å². The van der Waals surface area contributed by atoms with E-state index in [9.17, 15) is 14.0 Å². The number of hydrogen-bond donors (Lipinski definition) is 1. The van der Waals surface area contributed by atoms with Crippen LogP contribution in [-0.4, -0.2) is 10.5 Å². The zero-order valence-corrected chi connectivity index (χ0v) is 13.0. The molecular weight excluding hydrogens is 311 g/mol. The first-order valence-electron chi connectivity index (χ1n) is 7.67. The van der Waals surface area contributed by atoms with Gasteiger partial charge in [-0.15, -0.1) is 0 Å². The molecule has 1 saturated carbocycles. The number of benzene rings is 2. The maximum Gasteiger partial charge on any atom is 0.419 e. The predicted octanol–water partition coefficient (Wildman–Crippen LogP) is 2.94. The van der Waals surface area contributed by atoms with Gasteiger partial charge in [0.2, 0.25) is 5.91 Å². The quantitative estimate of drug-likeness (QED) is 0.805. The lowest BCUT2D eigenvalue weighted by atomic mass is 9.94. The van der Waals surface area contributed by atoms with E-state index in [1.54, 1.807) is 43.4 Å². The number of rotatable bonds is 3. The second-order valence-corrected chi connectivity index (χ2v) is 6.13. The Morgan fingerprint density at radius 2 is 2.00 bits per heavy atom. The van der Waals surface area contributed by atoms with Crippen molar-refractivity contribution in [2.45, 2.75) is 18.3 Å². The van der Waals surface area contributed by atoms with E-state index in [0.717, 1.165) is 0 Å². The van der Waals surface area contributed by atoms with E-state index in [1.807, 2.05) is 0 Å². The largest absolute Gasteiger partial charge is 0.419 e. The highest BCUT2D eigenvalue weighted by molar-refractivity contribution is 6.02. The van der Waals surface area contributed by atoms with Gasteiger partial charge >= 0.3 is 5.76 Å². The summed E-state index contributed by atoms with van der Waals surface area (Å²) in [6, 6.07) is 11.4. The maximum atomic E-state index is 14.1. The number of oxazole rings is 1. The fraction of sp³-hybridized carbons (Fsp3) is 0.222. The minimum absolute atomic E-state index is 0.236. The van der Waals surface area contributed by atoms with Crippen LogP contribution in [0.5, 0.6) is 0 Å². The third-order valence-corrected chi connectivity index (χ3v) is 4.62. The molecule has 1 aromatic heterocycles. The molecule has 0 radical (unpaired) electrons. The summed E-state index contributed by atoms with van der Waals surface area (Å²) in [4.78, 5) is 24.2. The van der Waals surface area contributed by atoms with Crippen LogP contribution in [0.4, 0.5) is 10.1 Å². The Morgan fingerprint density at radius 1 is 1.25 bits per heavy atom. The van der Waals surface area contributed by atoms with Crippen molar-refractivity contribution in [3.05, 3.63) is 64.4 Å². The number of amides is 1. The minimum Gasteiger partial charge on any atom is -0.408 e. The van der Waals surface area contributed by atoms with Gasteiger partial charge in [-0.05, 0) is 37.1 Å². The van der Waals surface area contributed by atoms with Crippen LogP contribution in [-0.2, 0) is 17.3 Å². The van der Waals surface area contributed by atoms with Crippen LogP contribution < -0.4 is 11.1 Å². The molecule has 5 nitrogen and oxygen atoms in total. The van der Waals surface area contributed by atoms with Crippen LogP contribution in [0.1, 0.15) is 18.4 Å². The lowest BCUT2D eigenvalue weighted by Gasteiger charge is -2.16. The Bertz CT molecular complexity index is 1010. The van der Waals surface area contributed by atoms with E-state index < -0.39 is 11.2 Å². The van der Waals surface area contributed by atoms with Crippen molar-refractivity contribution in [1.29, 1.82) is 0 Å². The average Bonchev–Trinajstić information content (AvgIpc) is 3.32. The van der Waals surface area contributed by atoms with E-state index in [-0.39, 0.29) is 11.7 Å². The molecule has 122 valence electrons. The van der Waals surface area contributed by atoms with Gasteiger partial charge in [-0.3, -0.25) is 9.36 Å². The Kier molecular flexibility index (Phi) is 3.09. The molecule has 1 N–H and O–H groups in total. The molecule has 1 heterocycles. The molecule has 1 amide bonds. The molecule has 0 spiro atoms. The van der Waals surface area contributed by atoms with Crippen molar-refractivity contribution in [3.8, 4) is 0 Å². The van der Waals surface area contributed by atoms with Gasteiger partial charge in [0.15, 0.2) is 5.58 Å². The van der Waals surface area contributed by atoms with Crippen molar-refractivity contribution >= 4 is 22.7 Å². The summed E-state index contributed by atoms with van der Waals surface area (Å²) in [5, 5.41) is 2.84. The van der Waals surface area contributed by atoms with E-state index in [2.05, 4.69) is 5.32 Å². The number of carbonyl (C=O) groups excluding carboxylic acids is 1. The maximum absolute atomic E-state index is 14.1. The Hall–Kier alpha value is -2.89. The molecule has 0 aliphatic heterocycles. The highest BCUT2D eigenvalue weighted by atomic mass is 19.1. The topological polar surface area (TPSA) is 64.2 Å². The monoisotopic (exact) mass is 326 g/mol. The van der Waals surface area contributed by atoms with E-state index in [4.69, 9.17) is 4.42 Å². The van der Waals surface area contributed by atoms with Gasteiger partial charge in [0.05, 0.1) is 10.9 Å². The number of halogens is 1. The van der Waals surface area contributed by atoms with Crippen molar-refractivity contribution < 1.29 is 13.6 Å². The number of nitrogens with zero attached hydrogens (tertiary/aromatic N) is 1. The molecule has 3 aromatic rings. The first kappa shape index (κ1) is 14.7. The minimum atomic E-state index is -0.803. The molecule has 4 rings (SSSR count). The third-order valence-electron chi connectivity index (χ3n) is 4.62. The molecule has 0 saturated heterocycles. The SMILES string of the molecule is Cn1c(=O)oc2ccc(NC(=O)C3(c4ccccc4F)CC3)cc21. The summed E-state index contributed by atoms with van der Waals surface area (Å²) in [6.45, 7) is 0. The van der Waals surface area contributed by atoms with Crippen LogP contribution in [0.3, 0.4) is 0 Å². The molecule has 0 unspecified atom stereocenters. The van der Waals surface area contributed by atoms with Crippen LogP contribution in [0, 0.1) is 5.82 Å². The zero-order chi connectivity index (χ0) is 16.9. The number of fused-ring (bicyclic) bond motifs is 1. The van der Waals surface area contributed by atoms with E-state index >= 15 is 0 Å². The summed E-state index contributed by atoms with van der Waals surface area (Å²) in [7, 11) is 1.60. The number of anilines is 1. The molecule has 2 aromatic carbocycles. The highest BCUT2D eigenvalue weighted by Crippen LogP contribution is 2.49. The van der Waals surface area contributed by atoms with Gasteiger partial charge in [0, 0.05) is 18.3 Å². The van der Waals surface area contributed by atoms with Crippen LogP contribution in [0.25, 0.3) is 11.1 Å². The molecule has 0 atom stereocenters. The molecule has 1 aliphatic carbocycles. The molecular formula is C18H15FN2O3. The lowest BCUT2D eigenvalue weighted by Crippen LogP contribution is -2.28. The second-order valence-electron chi connectivity index (χ2n) is 6.13. The molecule has 6 heteroatoms. The lowest BCUT2D eigenvalue weighted by molar-refractivity contribution is -0.118. The van der Waals surface area contributed by atoms with Crippen molar-refractivity contribution in [3.63, 3.8) is 0 Å². The number of aryl methyl sites for hydroxylation is 1. The fourth-order valence-electron chi connectivity index (χ4n) is 3.05. The molecule has 1 aliphatic rings. The summed E-state index contributed by atoms with van der Waals surface area (Å²) < 4.78 is 20.5. The summed E-state index contributed by atoms with van der Waals surface area (Å²) in [6.07, 6.45) is 1.23. The van der Waals surface area contributed by atoms with Crippen LogP contribution >= 0.6 is 0 Å². The van der Waals surface area contributed by atoms with Crippen molar-refractivity contribution in [2.24, 2.45) is 7.05 Å². The van der Waals surface area contributed by atoms with Gasteiger partial charge in [-0.2, -0.15) is 0 Å². The van der Waals surface area contributed by atoms with Gasteiger partial charge in [-0.25, -0.2) is 9.18 Å². The summed E-state index contributed by atoms with van der Waals surface area (Å²) >= 11 is 0. The Labute approximate surface area is 136 Å². The standard InChI is InChI=1S/C18H15FN2O3/c1-21-14-10-11(6-7-15(14)24-17(21)23)20-16(22)18(8-9-18)12-4-2-3-5-13(12)19/h2-7,10H,8-9H2,1H3,(H,20,22). The first-order valence-corrected chi connectivity index (χ1v) is 7.67. The third kappa shape index (κ3) is 2.14. The summed E-state index contributed by atoms with van der Waals surface area (Å²) in [5.74, 6) is -1.06. The predicted molar refractivity (Wildman–Crippen MR) is 87.4 cm³/mol. The summed E-state index contributed by atoms with van der Waals surface area (Å²) in [5.41, 5.74) is 1.22. The molecule has 0 bridgehead atoms. The van der Waals surface area contributed by atoms with E-state index in [0.29, 0.717) is 35.2 Å². The number of nitrogens with one attached hydrogen (secondary N) is 1. The Morgan fingerprint density at radius 3 is 2.71 bits per heavy atom. The van der Waals surface area contributed by atoms with Gasteiger partial charge in [0.25, 0.3) is 0 Å². The molecule has 24 heavy (non-hydrogen) atoms. The normalized spacial score (nSPS) is 15.4. The zero-order valence-electron chi connectivity index (χ0n) is 13.0. The Balaban J connectivity index is 1.66. The number of aromatic nitrogens is 1. The highest BCUT2D eigenvalue weighted by Gasteiger charge is 2.52. The van der Waals surface area contributed by atoms with Crippen molar-refractivity contribution in [1.82, 2.24) is 4.57 Å². The molecule has 1 fully saturated rings. The number of carbonyl (C=O) groups is 1. The van der Waals surface area contributed by atoms with Crippen LogP contribution in [0.15, 0.2) is 51.7 Å². The second kappa shape index (κ2) is 5.06. The van der Waals surface area contributed by atoms with Gasteiger partial charge in [0.1, 0.15) is 5.82 Å². The van der Waals surface area contributed by atoms with Gasteiger partial charge in [-0.1, -0.05) is 18.2 Å².